The molecule has 1 amide bonds. The first kappa shape index (κ1) is 15.9. The van der Waals surface area contributed by atoms with E-state index in [0.717, 1.165) is 19.4 Å². The van der Waals surface area contributed by atoms with Gasteiger partial charge >= 0.3 is 0 Å². The lowest BCUT2D eigenvalue weighted by molar-refractivity contribution is -0.132. The lowest BCUT2D eigenvalue weighted by Gasteiger charge is -2.38. The van der Waals surface area contributed by atoms with Crippen LogP contribution in [0.3, 0.4) is 0 Å². The van der Waals surface area contributed by atoms with E-state index in [9.17, 15) is 4.79 Å². The molecule has 1 fully saturated rings. The smallest absolute Gasteiger partial charge is 0.237 e. The number of nitrogens with zero attached hydrogens (tertiary/aromatic N) is 2. The minimum absolute atomic E-state index is 0.111. The van der Waals surface area contributed by atoms with E-state index in [4.69, 9.17) is 5.73 Å². The Balaban J connectivity index is 2.61. The zero-order valence-corrected chi connectivity index (χ0v) is 12.1. The number of carbonyl (C=O) groups excluding carboxylic acids is 1. The molecule has 1 aliphatic rings. The largest absolute Gasteiger partial charge is 0.334 e. The predicted molar refractivity (Wildman–Crippen MR) is 79.8 cm³/mol. The molecule has 2 unspecified atom stereocenters. The summed E-state index contributed by atoms with van der Waals surface area (Å²) < 4.78 is 0. The molecule has 0 aromatic carbocycles. The fourth-order valence-electron chi connectivity index (χ4n) is 2.67. The summed E-state index contributed by atoms with van der Waals surface area (Å²) in [7, 11) is 0. The molecule has 1 aliphatic heterocycles. The van der Waals surface area contributed by atoms with E-state index in [-0.39, 0.29) is 11.9 Å². The fourth-order valence-corrected chi connectivity index (χ4v) is 2.67. The number of nitrogens with two attached hydrogens (primary N) is 1. The minimum atomic E-state index is 0.111. The van der Waals surface area contributed by atoms with Gasteiger partial charge in [0.2, 0.25) is 5.91 Å². The number of carbonyl (C=O) groups is 1. The minimum Gasteiger partial charge on any atom is -0.334 e. The number of hydrogen-bond donors (Lipinski definition) is 1. The van der Waals surface area contributed by atoms with Crippen LogP contribution < -0.4 is 5.73 Å². The molecule has 2 atom stereocenters. The van der Waals surface area contributed by atoms with Gasteiger partial charge in [-0.15, -0.1) is 13.2 Å². The summed E-state index contributed by atoms with van der Waals surface area (Å²) in [4.78, 5) is 16.3. The van der Waals surface area contributed by atoms with Crippen LogP contribution in [0, 0.1) is 0 Å². The Labute approximate surface area is 116 Å². The highest BCUT2D eigenvalue weighted by Gasteiger charge is 2.27. The summed E-state index contributed by atoms with van der Waals surface area (Å²) in [6, 6.07) is 0.437. The van der Waals surface area contributed by atoms with Gasteiger partial charge in [-0.1, -0.05) is 18.6 Å². The summed E-state index contributed by atoms with van der Waals surface area (Å²) >= 11 is 0. The van der Waals surface area contributed by atoms with Gasteiger partial charge in [0.1, 0.15) is 0 Å². The molecule has 1 heterocycles. The average molecular weight is 265 g/mol. The summed E-state index contributed by atoms with van der Waals surface area (Å²) in [6.45, 7) is 12.0. The van der Waals surface area contributed by atoms with Crippen LogP contribution in [0.5, 0.6) is 0 Å². The first-order chi connectivity index (χ1) is 9.10. The lowest BCUT2D eigenvalue weighted by Crippen LogP contribution is -2.52. The van der Waals surface area contributed by atoms with Gasteiger partial charge in [0.15, 0.2) is 0 Å². The molecular weight excluding hydrogens is 238 g/mol. The number of piperidine rings is 1. The van der Waals surface area contributed by atoms with Crippen LogP contribution in [-0.4, -0.2) is 54.0 Å². The van der Waals surface area contributed by atoms with Crippen molar-refractivity contribution in [2.45, 2.75) is 38.3 Å². The van der Waals surface area contributed by atoms with E-state index < -0.39 is 0 Å². The van der Waals surface area contributed by atoms with Crippen molar-refractivity contribution in [2.24, 2.45) is 5.73 Å². The third-order valence-corrected chi connectivity index (χ3v) is 3.66. The van der Waals surface area contributed by atoms with Gasteiger partial charge in [-0.25, -0.2) is 0 Å². The fraction of sp³-hybridized carbons (Fsp3) is 0.667. The second kappa shape index (κ2) is 8.12. The van der Waals surface area contributed by atoms with Gasteiger partial charge in [-0.3, -0.25) is 9.69 Å². The number of likely N-dealkylation sites (tertiary alicyclic amines) is 1. The second-order valence-corrected chi connectivity index (χ2v) is 5.27. The van der Waals surface area contributed by atoms with Crippen molar-refractivity contribution in [2.75, 3.05) is 26.2 Å². The van der Waals surface area contributed by atoms with E-state index in [0.29, 0.717) is 25.7 Å². The topological polar surface area (TPSA) is 49.6 Å². The van der Waals surface area contributed by atoms with E-state index in [2.05, 4.69) is 18.1 Å². The van der Waals surface area contributed by atoms with Gasteiger partial charge in [0.25, 0.3) is 0 Å². The molecular formula is C15H27N3O. The molecule has 0 aromatic heterocycles. The van der Waals surface area contributed by atoms with Crippen molar-refractivity contribution in [3.8, 4) is 0 Å². The Kier molecular flexibility index (Phi) is 6.81. The van der Waals surface area contributed by atoms with E-state index in [1.165, 1.54) is 6.42 Å². The highest BCUT2D eigenvalue weighted by Crippen LogP contribution is 2.18. The molecule has 0 bridgehead atoms. The Morgan fingerprint density at radius 1 is 1.42 bits per heavy atom. The highest BCUT2D eigenvalue weighted by atomic mass is 16.2. The van der Waals surface area contributed by atoms with Crippen LogP contribution >= 0.6 is 0 Å². The molecule has 4 nitrogen and oxygen atoms in total. The highest BCUT2D eigenvalue weighted by molar-refractivity contribution is 5.78. The van der Waals surface area contributed by atoms with Crippen LogP contribution in [0.15, 0.2) is 25.3 Å². The second-order valence-electron chi connectivity index (χ2n) is 5.27. The van der Waals surface area contributed by atoms with E-state index in [1.54, 1.807) is 17.1 Å². The summed E-state index contributed by atoms with van der Waals surface area (Å²) in [5.74, 6) is 0.132. The normalized spacial score (nSPS) is 21.7. The first-order valence-corrected chi connectivity index (χ1v) is 7.09. The monoisotopic (exact) mass is 265 g/mol. The van der Waals surface area contributed by atoms with Crippen molar-refractivity contribution in [1.29, 1.82) is 0 Å². The molecule has 2 N–H and O–H groups in total. The SMILES string of the molecule is C=CCN(CC=C)C(=O)CN1CCCCC1C(C)N. The summed E-state index contributed by atoms with van der Waals surface area (Å²) in [5.41, 5.74) is 6.03. The predicted octanol–water partition coefficient (Wildman–Crippen LogP) is 1.39. The van der Waals surface area contributed by atoms with Crippen molar-refractivity contribution in [1.82, 2.24) is 9.80 Å². The van der Waals surface area contributed by atoms with Crippen LogP contribution in [0.1, 0.15) is 26.2 Å². The molecule has 4 heteroatoms. The molecule has 108 valence electrons. The molecule has 0 saturated carbocycles. The van der Waals surface area contributed by atoms with Gasteiger partial charge in [0, 0.05) is 25.2 Å². The van der Waals surface area contributed by atoms with E-state index in [1.807, 2.05) is 6.92 Å². The summed E-state index contributed by atoms with van der Waals surface area (Å²) in [5, 5.41) is 0. The Morgan fingerprint density at radius 3 is 2.58 bits per heavy atom. The van der Waals surface area contributed by atoms with Crippen LogP contribution in [0.25, 0.3) is 0 Å². The quantitative estimate of drug-likeness (QED) is 0.708. The van der Waals surface area contributed by atoms with E-state index >= 15 is 0 Å². The van der Waals surface area contributed by atoms with Crippen molar-refractivity contribution >= 4 is 5.91 Å². The zero-order chi connectivity index (χ0) is 14.3. The van der Waals surface area contributed by atoms with Crippen LogP contribution in [-0.2, 0) is 4.79 Å². The average Bonchev–Trinajstić information content (AvgIpc) is 2.38. The third kappa shape index (κ3) is 4.80. The first-order valence-electron chi connectivity index (χ1n) is 7.09. The van der Waals surface area contributed by atoms with Crippen molar-refractivity contribution in [3.63, 3.8) is 0 Å². The number of rotatable bonds is 7. The maximum atomic E-state index is 12.3. The number of hydrogen-bond acceptors (Lipinski definition) is 3. The van der Waals surface area contributed by atoms with Gasteiger partial charge in [-0.05, 0) is 26.3 Å². The van der Waals surface area contributed by atoms with Crippen molar-refractivity contribution < 1.29 is 4.79 Å². The molecule has 0 aliphatic carbocycles. The van der Waals surface area contributed by atoms with Crippen LogP contribution in [0.4, 0.5) is 0 Å². The molecule has 1 saturated heterocycles. The Morgan fingerprint density at radius 2 is 2.05 bits per heavy atom. The van der Waals surface area contributed by atoms with Gasteiger partial charge in [0.05, 0.1) is 6.54 Å². The lowest BCUT2D eigenvalue weighted by atomic mass is 9.97. The number of amides is 1. The van der Waals surface area contributed by atoms with Gasteiger partial charge in [-0.2, -0.15) is 0 Å². The molecule has 0 aromatic rings. The Bertz CT molecular complexity index is 305. The van der Waals surface area contributed by atoms with Gasteiger partial charge < -0.3 is 10.6 Å². The molecule has 1 rings (SSSR count). The maximum Gasteiger partial charge on any atom is 0.237 e. The maximum absolute atomic E-state index is 12.3. The zero-order valence-electron chi connectivity index (χ0n) is 12.1. The van der Waals surface area contributed by atoms with Crippen LogP contribution in [0.2, 0.25) is 0 Å². The van der Waals surface area contributed by atoms with Crippen molar-refractivity contribution in [3.05, 3.63) is 25.3 Å². The standard InChI is InChI=1S/C15H27N3O/c1-4-9-17(10-5-2)15(19)12-18-11-7-6-8-14(18)13(3)16/h4-5,13-14H,1-2,6-12,16H2,3H3. The Hall–Kier alpha value is -1.13. The summed E-state index contributed by atoms with van der Waals surface area (Å²) in [6.07, 6.45) is 6.95. The molecule has 19 heavy (non-hydrogen) atoms. The third-order valence-electron chi connectivity index (χ3n) is 3.66. The molecule has 0 spiro atoms. The molecule has 0 radical (unpaired) electrons.